The van der Waals surface area contributed by atoms with Crippen LogP contribution in [0.5, 0.6) is 11.6 Å². The first kappa shape index (κ1) is 21.1. The number of aliphatic hydroxyl groups is 1. The monoisotopic (exact) mass is 449 g/mol. The Morgan fingerprint density at radius 2 is 1.97 bits per heavy atom. The minimum absolute atomic E-state index is 0.0712. The molecule has 2 N–H and O–H groups in total. The van der Waals surface area contributed by atoms with E-state index >= 15 is 0 Å². The Balaban J connectivity index is 1.48. The molecule has 0 unspecified atom stereocenters. The van der Waals surface area contributed by atoms with E-state index in [1.54, 1.807) is 24.3 Å². The Bertz CT molecular complexity index is 1240. The number of ether oxygens (including phenoxy) is 1. The predicted octanol–water partition coefficient (Wildman–Crippen LogP) is 2.25. The molecule has 0 radical (unpaired) electrons. The summed E-state index contributed by atoms with van der Waals surface area (Å²) in [5.74, 6) is -0.737. The van der Waals surface area contributed by atoms with Gasteiger partial charge in [0.1, 0.15) is 11.4 Å². The van der Waals surface area contributed by atoms with Crippen LogP contribution in [-0.4, -0.2) is 53.1 Å². The molecule has 11 heteroatoms. The number of aromatic nitrogens is 2. The molecule has 1 saturated heterocycles. The van der Waals surface area contributed by atoms with Crippen LogP contribution < -0.4 is 10.1 Å². The quantitative estimate of drug-likeness (QED) is 0.613. The topological polar surface area (TPSA) is 118 Å². The van der Waals surface area contributed by atoms with Gasteiger partial charge in [-0.1, -0.05) is 6.07 Å². The van der Waals surface area contributed by atoms with Crippen LogP contribution in [0.25, 0.3) is 10.9 Å². The van der Waals surface area contributed by atoms with Crippen molar-refractivity contribution in [2.45, 2.75) is 18.6 Å². The lowest BCUT2D eigenvalue weighted by atomic mass is 10.1. The van der Waals surface area contributed by atoms with E-state index in [0.29, 0.717) is 16.7 Å². The van der Waals surface area contributed by atoms with Crippen LogP contribution >= 0.6 is 0 Å². The number of hydrogen-bond acceptors (Lipinski definition) is 7. The summed E-state index contributed by atoms with van der Waals surface area (Å²) in [5.41, 5.74) is 0.353. The number of rotatable bonds is 5. The molecule has 2 aromatic heterocycles. The van der Waals surface area contributed by atoms with Gasteiger partial charge in [0.15, 0.2) is 9.84 Å². The number of nitrogens with zero attached hydrogens (tertiary/aromatic N) is 2. The molecule has 1 aliphatic heterocycles. The van der Waals surface area contributed by atoms with Crippen LogP contribution in [-0.2, 0) is 9.84 Å². The number of halogens is 2. The summed E-state index contributed by atoms with van der Waals surface area (Å²) in [5, 5.41) is 13.0. The van der Waals surface area contributed by atoms with Gasteiger partial charge in [0.2, 0.25) is 5.88 Å². The largest absolute Gasteiger partial charge is 0.439 e. The highest BCUT2D eigenvalue weighted by Gasteiger charge is 2.37. The SMILES string of the molecule is O=C(N[C@@H]1CS(=O)(=O)C[C@H]1O)c1ccc2cc(Oc3ccc(C(F)F)cn3)ccc2n1. The molecule has 1 aromatic carbocycles. The fourth-order valence-corrected chi connectivity index (χ4v) is 4.95. The molecule has 0 saturated carbocycles. The summed E-state index contributed by atoms with van der Waals surface area (Å²) >= 11 is 0. The van der Waals surface area contributed by atoms with Gasteiger partial charge in [0.25, 0.3) is 12.3 Å². The third-order valence-electron chi connectivity index (χ3n) is 4.77. The zero-order chi connectivity index (χ0) is 22.2. The van der Waals surface area contributed by atoms with Gasteiger partial charge in [-0.25, -0.2) is 27.2 Å². The lowest BCUT2D eigenvalue weighted by molar-refractivity contribution is 0.0884. The highest BCUT2D eigenvalue weighted by Crippen LogP contribution is 2.26. The van der Waals surface area contributed by atoms with Gasteiger partial charge in [-0.15, -0.1) is 0 Å². The molecule has 4 rings (SSSR count). The fraction of sp³-hybridized carbons (Fsp3) is 0.250. The Morgan fingerprint density at radius 3 is 2.61 bits per heavy atom. The molecule has 31 heavy (non-hydrogen) atoms. The minimum Gasteiger partial charge on any atom is -0.439 e. The second-order valence-corrected chi connectivity index (χ2v) is 9.26. The maximum atomic E-state index is 12.6. The molecular weight excluding hydrogens is 432 g/mol. The number of pyridine rings is 2. The normalized spacial score (nSPS) is 20.1. The van der Waals surface area contributed by atoms with Crippen LogP contribution in [0.2, 0.25) is 0 Å². The number of carbonyl (C=O) groups excluding carboxylic acids is 1. The fourth-order valence-electron chi connectivity index (χ4n) is 3.20. The number of alkyl halides is 2. The molecule has 3 heterocycles. The second kappa shape index (κ2) is 8.16. The number of nitrogens with one attached hydrogen (secondary N) is 1. The van der Waals surface area contributed by atoms with Gasteiger partial charge >= 0.3 is 0 Å². The lowest BCUT2D eigenvalue weighted by Gasteiger charge is -2.14. The highest BCUT2D eigenvalue weighted by atomic mass is 32.2. The first-order valence-corrected chi connectivity index (χ1v) is 11.0. The Kier molecular flexibility index (Phi) is 5.54. The van der Waals surface area contributed by atoms with Crippen LogP contribution in [0.15, 0.2) is 48.7 Å². The zero-order valence-electron chi connectivity index (χ0n) is 15.9. The smallest absolute Gasteiger partial charge is 0.270 e. The summed E-state index contributed by atoms with van der Waals surface area (Å²) in [7, 11) is -3.39. The van der Waals surface area contributed by atoms with Gasteiger partial charge in [-0.3, -0.25) is 4.79 Å². The second-order valence-electron chi connectivity index (χ2n) is 7.11. The van der Waals surface area contributed by atoms with E-state index in [1.165, 1.54) is 18.2 Å². The van der Waals surface area contributed by atoms with Crippen molar-refractivity contribution in [1.82, 2.24) is 15.3 Å². The van der Waals surface area contributed by atoms with E-state index in [4.69, 9.17) is 4.74 Å². The summed E-state index contributed by atoms with van der Waals surface area (Å²) in [4.78, 5) is 20.5. The van der Waals surface area contributed by atoms with E-state index in [2.05, 4.69) is 15.3 Å². The molecular formula is C20H17F2N3O5S. The summed E-state index contributed by atoms with van der Waals surface area (Å²) in [6, 6.07) is 9.65. The average molecular weight is 449 g/mol. The first-order valence-electron chi connectivity index (χ1n) is 9.22. The van der Waals surface area contributed by atoms with E-state index < -0.39 is 34.3 Å². The molecule has 0 aliphatic carbocycles. The molecule has 8 nitrogen and oxygen atoms in total. The molecule has 1 amide bonds. The van der Waals surface area contributed by atoms with Gasteiger partial charge in [0, 0.05) is 23.2 Å². The van der Waals surface area contributed by atoms with Crippen LogP contribution in [0, 0.1) is 0 Å². The van der Waals surface area contributed by atoms with E-state index in [0.717, 1.165) is 6.20 Å². The molecule has 0 bridgehead atoms. The molecule has 1 aliphatic rings. The summed E-state index contributed by atoms with van der Waals surface area (Å²) < 4.78 is 53.9. The Hall–Kier alpha value is -3.18. The number of hydrogen-bond donors (Lipinski definition) is 2. The van der Waals surface area contributed by atoms with Crippen molar-refractivity contribution in [3.05, 3.63) is 59.9 Å². The third kappa shape index (κ3) is 4.78. The summed E-state index contributed by atoms with van der Waals surface area (Å²) in [6.07, 6.45) is -2.72. The molecule has 0 spiro atoms. The number of carbonyl (C=O) groups is 1. The predicted molar refractivity (Wildman–Crippen MR) is 107 cm³/mol. The van der Waals surface area contributed by atoms with Crippen LogP contribution in [0.1, 0.15) is 22.5 Å². The van der Waals surface area contributed by atoms with Crippen molar-refractivity contribution >= 4 is 26.6 Å². The van der Waals surface area contributed by atoms with Gasteiger partial charge in [-0.2, -0.15) is 0 Å². The van der Waals surface area contributed by atoms with Crippen molar-refractivity contribution in [2.24, 2.45) is 0 Å². The van der Waals surface area contributed by atoms with E-state index in [9.17, 15) is 27.1 Å². The van der Waals surface area contributed by atoms with Crippen molar-refractivity contribution < 1.29 is 31.8 Å². The number of fused-ring (bicyclic) bond motifs is 1. The number of benzene rings is 1. The van der Waals surface area contributed by atoms with Crippen molar-refractivity contribution in [1.29, 1.82) is 0 Å². The van der Waals surface area contributed by atoms with Crippen LogP contribution in [0.3, 0.4) is 0 Å². The zero-order valence-corrected chi connectivity index (χ0v) is 16.7. The van der Waals surface area contributed by atoms with Crippen molar-refractivity contribution in [3.8, 4) is 11.6 Å². The van der Waals surface area contributed by atoms with Crippen molar-refractivity contribution in [3.63, 3.8) is 0 Å². The maximum absolute atomic E-state index is 12.6. The Morgan fingerprint density at radius 1 is 1.16 bits per heavy atom. The molecule has 162 valence electrons. The molecule has 1 fully saturated rings. The number of aliphatic hydroxyl groups excluding tert-OH is 1. The van der Waals surface area contributed by atoms with Gasteiger partial charge in [-0.05, 0) is 30.3 Å². The number of amides is 1. The number of sulfone groups is 1. The van der Waals surface area contributed by atoms with E-state index in [-0.39, 0.29) is 28.6 Å². The van der Waals surface area contributed by atoms with Crippen molar-refractivity contribution in [2.75, 3.05) is 11.5 Å². The minimum atomic E-state index is -3.39. The van der Waals surface area contributed by atoms with Gasteiger partial charge in [0.05, 0.1) is 29.2 Å². The maximum Gasteiger partial charge on any atom is 0.270 e. The van der Waals surface area contributed by atoms with Crippen LogP contribution in [0.4, 0.5) is 8.78 Å². The first-order chi connectivity index (χ1) is 14.7. The highest BCUT2D eigenvalue weighted by molar-refractivity contribution is 7.91. The third-order valence-corrected chi connectivity index (χ3v) is 6.48. The van der Waals surface area contributed by atoms with Gasteiger partial charge < -0.3 is 15.2 Å². The van der Waals surface area contributed by atoms with E-state index in [1.807, 2.05) is 0 Å². The average Bonchev–Trinajstić information content (AvgIpc) is 2.99. The Labute approximate surface area is 175 Å². The molecule has 2 atom stereocenters. The lowest BCUT2D eigenvalue weighted by Crippen LogP contribution is -2.42. The summed E-state index contributed by atoms with van der Waals surface area (Å²) in [6.45, 7) is 0. The molecule has 3 aromatic rings. The standard InChI is InChI=1S/C20H17F2N3O5S/c21-19(22)12-2-6-18(23-8-12)30-13-3-5-14-11(7-13)1-4-15(24-14)20(27)25-16-9-31(28,29)10-17(16)26/h1-8,16-17,19,26H,9-10H2,(H,25,27)/t16-,17-/m1/s1.